The normalized spacial score (nSPS) is 15.4. The van der Waals surface area contributed by atoms with E-state index in [9.17, 15) is 18.8 Å². The molecule has 0 bridgehead atoms. The molecule has 4 rings (SSSR count). The second-order valence-corrected chi connectivity index (χ2v) is 7.09. The van der Waals surface area contributed by atoms with Gasteiger partial charge < -0.3 is 9.47 Å². The molecule has 0 saturated heterocycles. The molecule has 0 aliphatic heterocycles. The van der Waals surface area contributed by atoms with Crippen molar-refractivity contribution in [2.24, 2.45) is 5.92 Å². The Bertz CT molecular complexity index is 1130. The van der Waals surface area contributed by atoms with Crippen LogP contribution >= 0.6 is 0 Å². The van der Waals surface area contributed by atoms with Crippen LogP contribution in [0.15, 0.2) is 54.6 Å². The van der Waals surface area contributed by atoms with Crippen LogP contribution in [0.2, 0.25) is 0 Å². The molecule has 152 valence electrons. The van der Waals surface area contributed by atoms with Gasteiger partial charge in [-0.15, -0.1) is 0 Å². The van der Waals surface area contributed by atoms with Crippen molar-refractivity contribution in [2.45, 2.75) is 25.9 Å². The maximum Gasteiger partial charge on any atom is 0.219 e. The molecule has 30 heavy (non-hydrogen) atoms. The van der Waals surface area contributed by atoms with Crippen molar-refractivity contribution in [2.75, 3.05) is 0 Å². The van der Waals surface area contributed by atoms with Gasteiger partial charge in [0.25, 0.3) is 0 Å². The Hall–Kier alpha value is -3.61. The number of halogens is 1. The highest BCUT2D eigenvalue weighted by atomic mass is 19.1. The van der Waals surface area contributed by atoms with E-state index in [0.29, 0.717) is 28.3 Å². The summed E-state index contributed by atoms with van der Waals surface area (Å²) < 4.78 is 24.6. The number of hydrogen-bond acceptors (Lipinski definition) is 6. The van der Waals surface area contributed by atoms with Crippen molar-refractivity contribution in [1.29, 1.82) is 0 Å². The highest BCUT2D eigenvalue weighted by molar-refractivity contribution is 6.24. The Balaban J connectivity index is 1.41. The average molecular weight is 407 g/mol. The molecule has 1 fully saturated rings. The number of fused-ring (bicyclic) bond motifs is 1. The van der Waals surface area contributed by atoms with E-state index in [-0.39, 0.29) is 30.2 Å². The van der Waals surface area contributed by atoms with E-state index in [1.165, 1.54) is 19.1 Å². The fraction of sp³-hybridized carbons (Fsp3) is 0.217. The van der Waals surface area contributed by atoms with E-state index in [2.05, 4.69) is 4.98 Å². The molecule has 0 amide bonds. The minimum absolute atomic E-state index is 0.117. The number of nitrogens with zero attached hydrogens (tertiary/aromatic N) is 1. The molecule has 3 aromatic rings. The van der Waals surface area contributed by atoms with Crippen molar-refractivity contribution < 1.29 is 28.2 Å². The summed E-state index contributed by atoms with van der Waals surface area (Å²) in [6, 6.07) is 14.2. The fourth-order valence-electron chi connectivity index (χ4n) is 3.37. The van der Waals surface area contributed by atoms with Crippen LogP contribution in [0.1, 0.15) is 19.8 Å². The van der Waals surface area contributed by atoms with Crippen molar-refractivity contribution in [3.05, 3.63) is 60.4 Å². The topological polar surface area (TPSA) is 82.6 Å². The Kier molecular flexibility index (Phi) is 5.27. The lowest BCUT2D eigenvalue weighted by molar-refractivity contribution is -0.139. The van der Waals surface area contributed by atoms with E-state index in [1.807, 2.05) is 0 Å². The molecule has 1 aliphatic carbocycles. The Morgan fingerprint density at radius 3 is 2.37 bits per heavy atom. The van der Waals surface area contributed by atoms with Crippen LogP contribution < -0.4 is 9.47 Å². The third kappa shape index (κ3) is 4.05. The first-order chi connectivity index (χ1) is 14.4. The first-order valence-corrected chi connectivity index (χ1v) is 9.51. The summed E-state index contributed by atoms with van der Waals surface area (Å²) >= 11 is 0. The van der Waals surface area contributed by atoms with Crippen LogP contribution in [-0.2, 0) is 14.4 Å². The second-order valence-electron chi connectivity index (χ2n) is 7.09. The number of carbonyl (C=O) groups excluding carboxylic acids is 3. The molecule has 0 radical (unpaired) electrons. The van der Waals surface area contributed by atoms with Gasteiger partial charge in [0.1, 0.15) is 23.2 Å². The van der Waals surface area contributed by atoms with Crippen LogP contribution in [0, 0.1) is 11.7 Å². The van der Waals surface area contributed by atoms with Crippen LogP contribution in [0.4, 0.5) is 4.39 Å². The van der Waals surface area contributed by atoms with Gasteiger partial charge in [-0.1, -0.05) is 0 Å². The number of Topliss-reactive ketones (excluding diaryl/α,β-unsaturated/α-hetero) is 3. The zero-order valence-corrected chi connectivity index (χ0v) is 16.1. The number of aromatic nitrogens is 1. The predicted octanol–water partition coefficient (Wildman–Crippen LogP) is 4.05. The van der Waals surface area contributed by atoms with Gasteiger partial charge in [0, 0.05) is 24.3 Å². The molecular weight excluding hydrogens is 389 g/mol. The van der Waals surface area contributed by atoms with Crippen molar-refractivity contribution >= 4 is 28.3 Å². The lowest BCUT2D eigenvalue weighted by Crippen LogP contribution is -2.35. The third-order valence-electron chi connectivity index (χ3n) is 4.93. The molecule has 1 aromatic heterocycles. The third-order valence-corrected chi connectivity index (χ3v) is 4.93. The van der Waals surface area contributed by atoms with Gasteiger partial charge in [0.05, 0.1) is 5.52 Å². The maximum absolute atomic E-state index is 13.3. The largest absolute Gasteiger partial charge is 0.483 e. The second kappa shape index (κ2) is 8.02. The van der Waals surface area contributed by atoms with Crippen molar-refractivity contribution in [1.82, 2.24) is 4.98 Å². The van der Waals surface area contributed by atoms with Gasteiger partial charge in [0.2, 0.25) is 5.88 Å². The van der Waals surface area contributed by atoms with E-state index < -0.39 is 17.8 Å². The zero-order valence-electron chi connectivity index (χ0n) is 16.1. The van der Waals surface area contributed by atoms with Crippen LogP contribution in [0.5, 0.6) is 17.4 Å². The maximum atomic E-state index is 13.3. The number of hydrogen-bond donors (Lipinski definition) is 0. The van der Waals surface area contributed by atoms with Crippen molar-refractivity contribution in [3.63, 3.8) is 0 Å². The molecule has 6 nitrogen and oxygen atoms in total. The van der Waals surface area contributed by atoms with E-state index >= 15 is 0 Å². The number of benzene rings is 2. The molecule has 0 spiro atoms. The minimum Gasteiger partial charge on any atom is -0.483 e. The Morgan fingerprint density at radius 1 is 1.00 bits per heavy atom. The quantitative estimate of drug-likeness (QED) is 0.574. The summed E-state index contributed by atoms with van der Waals surface area (Å²) in [5.74, 6) is -1.47. The summed E-state index contributed by atoms with van der Waals surface area (Å²) in [4.78, 5) is 40.2. The van der Waals surface area contributed by atoms with Crippen LogP contribution in [-0.4, -0.2) is 28.4 Å². The van der Waals surface area contributed by atoms with E-state index in [1.54, 1.807) is 42.5 Å². The molecular formula is C23H18FNO5. The summed E-state index contributed by atoms with van der Waals surface area (Å²) in [5.41, 5.74) is 0.609. The molecule has 7 heteroatoms. The molecule has 1 saturated carbocycles. The zero-order chi connectivity index (χ0) is 21.3. The number of ether oxygens (including phenoxy) is 2. The molecule has 1 heterocycles. The monoisotopic (exact) mass is 407 g/mol. The van der Waals surface area contributed by atoms with E-state index in [0.717, 1.165) is 0 Å². The molecule has 1 atom stereocenters. The van der Waals surface area contributed by atoms with Gasteiger partial charge in [-0.25, -0.2) is 9.37 Å². The summed E-state index contributed by atoms with van der Waals surface area (Å²) in [6.07, 6.45) is -0.687. The highest BCUT2D eigenvalue weighted by Gasteiger charge is 2.41. The summed E-state index contributed by atoms with van der Waals surface area (Å²) in [5, 5.41) is 0.670. The summed E-state index contributed by atoms with van der Waals surface area (Å²) in [6.45, 7) is 1.52. The van der Waals surface area contributed by atoms with Crippen LogP contribution in [0.25, 0.3) is 10.9 Å². The van der Waals surface area contributed by atoms with Gasteiger partial charge in [0.15, 0.2) is 23.5 Å². The fourth-order valence-corrected chi connectivity index (χ4v) is 3.37. The number of pyridine rings is 1. The number of carbonyl (C=O) groups is 3. The first kappa shape index (κ1) is 19.7. The van der Waals surface area contributed by atoms with Crippen molar-refractivity contribution in [3.8, 4) is 17.4 Å². The van der Waals surface area contributed by atoms with E-state index in [4.69, 9.17) is 9.47 Å². The van der Waals surface area contributed by atoms with Gasteiger partial charge in [-0.3, -0.25) is 14.4 Å². The molecule has 0 N–H and O–H groups in total. The lowest BCUT2D eigenvalue weighted by atomic mass is 9.97. The Labute approximate surface area is 171 Å². The minimum atomic E-state index is -1.20. The number of ketones is 3. The smallest absolute Gasteiger partial charge is 0.219 e. The average Bonchev–Trinajstić information content (AvgIpc) is 3.07. The highest BCUT2D eigenvalue weighted by Crippen LogP contribution is 2.26. The van der Waals surface area contributed by atoms with Gasteiger partial charge in [-0.05, 0) is 55.5 Å². The predicted molar refractivity (Wildman–Crippen MR) is 106 cm³/mol. The lowest BCUT2D eigenvalue weighted by Gasteiger charge is -2.16. The van der Waals surface area contributed by atoms with Gasteiger partial charge in [-0.2, -0.15) is 0 Å². The number of rotatable bonds is 6. The molecule has 2 aromatic carbocycles. The SMILES string of the molecule is CC(Oc1ccc(Oc2ccc3cc(F)ccc3n2)cc1)C(=O)C1C(=O)CCC1=O. The molecule has 1 aliphatic rings. The van der Waals surface area contributed by atoms with Gasteiger partial charge >= 0.3 is 0 Å². The summed E-state index contributed by atoms with van der Waals surface area (Å²) in [7, 11) is 0. The molecule has 1 unspecified atom stereocenters. The standard InChI is InChI=1S/C23H18FNO5/c1-13(23(28)22-19(26)9-10-20(22)27)29-16-4-6-17(7-5-16)30-21-11-2-14-12-15(24)3-8-18(14)25-21/h2-8,11-13,22H,9-10H2,1H3. The van der Waals surface area contributed by atoms with Crippen LogP contribution in [0.3, 0.4) is 0 Å². The first-order valence-electron chi connectivity index (χ1n) is 9.51. The Morgan fingerprint density at radius 2 is 1.67 bits per heavy atom.